The number of urea groups is 1. The minimum absolute atomic E-state index is 0.0128. The van der Waals surface area contributed by atoms with Gasteiger partial charge in [0.1, 0.15) is 0 Å². The van der Waals surface area contributed by atoms with E-state index in [0.717, 1.165) is 47.2 Å². The Bertz CT molecular complexity index is 1240. The third-order valence-corrected chi connectivity index (χ3v) is 8.14. The molecule has 2 aliphatic heterocycles. The Hall–Kier alpha value is -3.27. The summed E-state index contributed by atoms with van der Waals surface area (Å²) in [6.45, 7) is 4.63. The molecule has 2 saturated heterocycles. The van der Waals surface area contributed by atoms with Gasteiger partial charge >= 0.3 is 6.03 Å². The van der Waals surface area contributed by atoms with Crippen LogP contribution in [0, 0.1) is 0 Å². The summed E-state index contributed by atoms with van der Waals surface area (Å²) in [6, 6.07) is 26.2. The lowest BCUT2D eigenvalue weighted by molar-refractivity contribution is -0.264. The number of nitrogens with one attached hydrogen (secondary N) is 2. The predicted molar refractivity (Wildman–Crippen MR) is 157 cm³/mol. The van der Waals surface area contributed by atoms with Gasteiger partial charge in [-0.2, -0.15) is 0 Å². The molecule has 0 aromatic heterocycles. The maximum atomic E-state index is 11.8. The molecule has 8 nitrogen and oxygen atoms in total. The van der Waals surface area contributed by atoms with E-state index in [2.05, 4.69) is 27.7 Å². The Kier molecular flexibility index (Phi) is 10.0. The number of carbonyl (C=O) groups is 1. The fourth-order valence-corrected chi connectivity index (χ4v) is 5.94. The molecule has 4 N–H and O–H groups in total. The second-order valence-electron chi connectivity index (χ2n) is 10.8. The van der Waals surface area contributed by atoms with Crippen molar-refractivity contribution in [1.82, 2.24) is 15.5 Å². The van der Waals surface area contributed by atoms with Gasteiger partial charge in [-0.05, 0) is 48.6 Å². The van der Waals surface area contributed by atoms with Gasteiger partial charge in [0.2, 0.25) is 0 Å². The third kappa shape index (κ3) is 7.15. The highest BCUT2D eigenvalue weighted by Gasteiger charge is 2.43. The van der Waals surface area contributed by atoms with Crippen LogP contribution in [0.15, 0.2) is 78.9 Å². The van der Waals surface area contributed by atoms with E-state index in [1.165, 1.54) is 0 Å². The number of likely N-dealkylation sites (tertiary alicyclic amines) is 1. The smallest absolute Gasteiger partial charge is 0.315 e. The van der Waals surface area contributed by atoms with Crippen LogP contribution in [0.1, 0.15) is 65.9 Å². The van der Waals surface area contributed by atoms with Gasteiger partial charge in [0.05, 0.1) is 25.4 Å². The largest absolute Gasteiger partial charge is 0.395 e. The highest BCUT2D eigenvalue weighted by Crippen LogP contribution is 2.47. The second kappa shape index (κ2) is 14.1. The van der Waals surface area contributed by atoms with Crippen LogP contribution in [0.5, 0.6) is 0 Å². The number of amides is 2. The SMILES string of the molecule is CCNC(=O)NCc1ccc(C2O[C@H](CN3CCC[C@H]3CO)[C@@H](c3ccccc3)[C@H](c3ccc(CO)cc3)O2)cc1. The van der Waals surface area contributed by atoms with Gasteiger partial charge in [0.25, 0.3) is 0 Å². The average molecular weight is 560 g/mol. The molecular formula is C33H41N3O5. The van der Waals surface area contributed by atoms with E-state index >= 15 is 0 Å². The molecule has 41 heavy (non-hydrogen) atoms. The number of benzene rings is 3. The lowest BCUT2D eigenvalue weighted by Gasteiger charge is -2.44. The number of hydrogen-bond acceptors (Lipinski definition) is 6. The van der Waals surface area contributed by atoms with Crippen molar-refractivity contribution in [2.45, 2.75) is 63.4 Å². The Labute approximate surface area is 242 Å². The molecule has 5 rings (SSSR count). The monoisotopic (exact) mass is 559 g/mol. The number of carbonyl (C=O) groups excluding carboxylic acids is 1. The highest BCUT2D eigenvalue weighted by atomic mass is 16.7. The maximum absolute atomic E-state index is 11.8. The lowest BCUT2D eigenvalue weighted by Crippen LogP contribution is -2.46. The van der Waals surface area contributed by atoms with Crippen LogP contribution in [-0.4, -0.2) is 59.5 Å². The topological polar surface area (TPSA) is 103 Å². The Balaban J connectivity index is 1.45. The first kappa shape index (κ1) is 29.2. The Morgan fingerprint density at radius 3 is 2.27 bits per heavy atom. The van der Waals surface area contributed by atoms with Crippen LogP contribution in [0.2, 0.25) is 0 Å². The molecular weight excluding hydrogens is 518 g/mol. The summed E-state index contributed by atoms with van der Waals surface area (Å²) in [6.07, 6.45) is 0.971. The number of aliphatic hydroxyl groups excluding tert-OH is 2. The Morgan fingerprint density at radius 2 is 1.59 bits per heavy atom. The van der Waals surface area contributed by atoms with Crippen LogP contribution in [0.3, 0.4) is 0 Å². The molecule has 5 atom stereocenters. The minimum Gasteiger partial charge on any atom is -0.395 e. The zero-order valence-corrected chi connectivity index (χ0v) is 23.6. The third-order valence-electron chi connectivity index (χ3n) is 8.14. The van der Waals surface area contributed by atoms with Crippen molar-refractivity contribution >= 4 is 6.03 Å². The average Bonchev–Trinajstić information content (AvgIpc) is 3.47. The highest BCUT2D eigenvalue weighted by molar-refractivity contribution is 5.73. The minimum atomic E-state index is -0.594. The second-order valence-corrected chi connectivity index (χ2v) is 10.8. The molecule has 0 spiro atoms. The molecule has 218 valence electrons. The van der Waals surface area contributed by atoms with Gasteiger partial charge < -0.3 is 30.3 Å². The molecule has 0 saturated carbocycles. The van der Waals surface area contributed by atoms with Gasteiger partial charge in [-0.15, -0.1) is 0 Å². The summed E-state index contributed by atoms with van der Waals surface area (Å²) in [4.78, 5) is 14.2. The van der Waals surface area contributed by atoms with E-state index in [-0.39, 0.29) is 43.4 Å². The normalized spacial score (nSPS) is 24.7. The standard InChI is InChI=1S/C33H41N3O5/c1-2-34-33(39)35-19-23-10-16-27(17-11-23)32-40-29(20-36-18-6-9-28(36)22-38)30(25-7-4-3-5-8-25)31(41-32)26-14-12-24(21-37)13-15-26/h3-5,7-8,10-17,28-32,37-38H,2,6,9,18-22H2,1H3,(H2,34,35,39)/t28-,29+,30+,31-,32?/m0/s1. The van der Waals surface area contributed by atoms with E-state index in [9.17, 15) is 15.0 Å². The van der Waals surface area contributed by atoms with E-state index < -0.39 is 6.29 Å². The molecule has 2 heterocycles. The van der Waals surface area contributed by atoms with Crippen molar-refractivity contribution < 1.29 is 24.5 Å². The summed E-state index contributed by atoms with van der Waals surface area (Å²) >= 11 is 0. The number of hydrogen-bond donors (Lipinski definition) is 4. The summed E-state index contributed by atoms with van der Waals surface area (Å²) in [7, 11) is 0. The van der Waals surface area contributed by atoms with Gasteiger partial charge in [-0.3, -0.25) is 4.90 Å². The molecule has 2 fully saturated rings. The molecule has 2 amide bonds. The van der Waals surface area contributed by atoms with Crippen LogP contribution < -0.4 is 10.6 Å². The summed E-state index contributed by atoms with van der Waals surface area (Å²) in [5.74, 6) is -0.0760. The zero-order valence-electron chi connectivity index (χ0n) is 23.6. The van der Waals surface area contributed by atoms with Gasteiger partial charge in [-0.25, -0.2) is 4.79 Å². The zero-order chi connectivity index (χ0) is 28.6. The molecule has 3 aromatic carbocycles. The molecule has 2 aliphatic rings. The van der Waals surface area contributed by atoms with Gasteiger partial charge in [0, 0.05) is 37.2 Å². The van der Waals surface area contributed by atoms with Crippen molar-refractivity contribution in [3.05, 3.63) is 107 Å². The molecule has 3 aromatic rings. The van der Waals surface area contributed by atoms with E-state index in [1.807, 2.05) is 73.7 Å². The first-order chi connectivity index (χ1) is 20.1. The van der Waals surface area contributed by atoms with Crippen LogP contribution in [-0.2, 0) is 22.6 Å². The summed E-state index contributed by atoms with van der Waals surface area (Å²) in [5.41, 5.74) is 4.90. The predicted octanol–water partition coefficient (Wildman–Crippen LogP) is 4.39. The fraction of sp³-hybridized carbons (Fsp3) is 0.424. The molecule has 1 unspecified atom stereocenters. The number of aliphatic hydroxyl groups is 2. The van der Waals surface area contributed by atoms with Gasteiger partial charge in [-0.1, -0.05) is 78.9 Å². The van der Waals surface area contributed by atoms with Crippen molar-refractivity contribution in [3.8, 4) is 0 Å². The maximum Gasteiger partial charge on any atom is 0.315 e. The van der Waals surface area contributed by atoms with Crippen LogP contribution in [0.25, 0.3) is 0 Å². The number of ether oxygens (including phenoxy) is 2. The van der Waals surface area contributed by atoms with E-state index in [1.54, 1.807) is 0 Å². The van der Waals surface area contributed by atoms with E-state index in [4.69, 9.17) is 9.47 Å². The number of nitrogens with zero attached hydrogens (tertiary/aromatic N) is 1. The summed E-state index contributed by atoms with van der Waals surface area (Å²) in [5, 5.41) is 25.3. The molecule has 0 bridgehead atoms. The van der Waals surface area contributed by atoms with Crippen molar-refractivity contribution in [3.63, 3.8) is 0 Å². The number of rotatable bonds is 10. The van der Waals surface area contributed by atoms with E-state index in [0.29, 0.717) is 19.6 Å². The van der Waals surface area contributed by atoms with Crippen molar-refractivity contribution in [1.29, 1.82) is 0 Å². The molecule has 8 heteroatoms. The summed E-state index contributed by atoms with van der Waals surface area (Å²) < 4.78 is 13.6. The van der Waals surface area contributed by atoms with Crippen molar-refractivity contribution in [2.24, 2.45) is 0 Å². The first-order valence-electron chi connectivity index (χ1n) is 14.6. The first-order valence-corrected chi connectivity index (χ1v) is 14.6. The quantitative estimate of drug-likeness (QED) is 0.294. The van der Waals surface area contributed by atoms with Crippen LogP contribution >= 0.6 is 0 Å². The Morgan fingerprint density at radius 1 is 0.878 bits per heavy atom. The molecule has 0 aliphatic carbocycles. The molecule has 0 radical (unpaired) electrons. The van der Waals surface area contributed by atoms with Crippen molar-refractivity contribution in [2.75, 3.05) is 26.2 Å². The van der Waals surface area contributed by atoms with Gasteiger partial charge in [0.15, 0.2) is 6.29 Å². The van der Waals surface area contributed by atoms with Crippen LogP contribution in [0.4, 0.5) is 4.79 Å². The fourth-order valence-electron chi connectivity index (χ4n) is 5.94. The lowest BCUT2D eigenvalue weighted by atomic mass is 9.83.